The molecule has 0 N–H and O–H groups in total. The summed E-state index contributed by atoms with van der Waals surface area (Å²) < 4.78 is 7.66. The summed E-state index contributed by atoms with van der Waals surface area (Å²) in [4.78, 5) is 13.0. The zero-order valence-electron chi connectivity index (χ0n) is 12.4. The molecule has 4 rings (SSSR count). The van der Waals surface area contributed by atoms with Gasteiger partial charge < -0.3 is 4.74 Å². The normalized spacial score (nSPS) is 10.8. The van der Waals surface area contributed by atoms with Gasteiger partial charge in [0, 0.05) is 12.4 Å². The molecule has 6 nitrogen and oxygen atoms in total. The number of nitrogens with zero attached hydrogens (tertiary/aromatic N) is 5. The predicted octanol–water partition coefficient (Wildman–Crippen LogP) is 3.29. The molecule has 23 heavy (non-hydrogen) atoms. The van der Waals surface area contributed by atoms with Crippen LogP contribution in [0.1, 0.15) is 5.82 Å². The van der Waals surface area contributed by atoms with Crippen LogP contribution in [0.4, 0.5) is 0 Å². The fourth-order valence-electron chi connectivity index (χ4n) is 2.27. The van der Waals surface area contributed by atoms with E-state index in [-0.39, 0.29) is 0 Å². The molecule has 3 aromatic heterocycles. The van der Waals surface area contributed by atoms with Crippen molar-refractivity contribution in [1.82, 2.24) is 24.6 Å². The van der Waals surface area contributed by atoms with Gasteiger partial charge in [0.2, 0.25) is 11.7 Å². The van der Waals surface area contributed by atoms with Crippen LogP contribution in [-0.4, -0.2) is 24.6 Å². The van der Waals surface area contributed by atoms with Crippen LogP contribution in [0, 0.1) is 6.92 Å². The molecule has 0 saturated heterocycles. The SMILES string of the molecule is Cc1nccc(-c2nc(Oc3ccccc3)c3cccn3n2)n1. The lowest BCUT2D eigenvalue weighted by Gasteiger charge is -2.08. The minimum Gasteiger partial charge on any atom is -0.437 e. The first-order valence-electron chi connectivity index (χ1n) is 7.18. The number of aryl methyl sites for hydroxylation is 1. The predicted molar refractivity (Wildman–Crippen MR) is 85.3 cm³/mol. The van der Waals surface area contributed by atoms with Crippen LogP contribution in [-0.2, 0) is 0 Å². The molecule has 0 spiro atoms. The minimum atomic E-state index is 0.488. The van der Waals surface area contributed by atoms with Gasteiger partial charge in [0.25, 0.3) is 0 Å². The zero-order chi connectivity index (χ0) is 15.6. The molecule has 4 aromatic rings. The molecule has 0 radical (unpaired) electrons. The molecule has 0 aliphatic rings. The van der Waals surface area contributed by atoms with Gasteiger partial charge >= 0.3 is 0 Å². The summed E-state index contributed by atoms with van der Waals surface area (Å²) in [7, 11) is 0. The van der Waals surface area contributed by atoms with Crippen LogP contribution < -0.4 is 4.74 Å². The summed E-state index contributed by atoms with van der Waals surface area (Å²) in [6.45, 7) is 1.83. The van der Waals surface area contributed by atoms with E-state index in [1.165, 1.54) is 0 Å². The highest BCUT2D eigenvalue weighted by Gasteiger charge is 2.12. The van der Waals surface area contributed by atoms with Gasteiger partial charge in [-0.05, 0) is 37.3 Å². The van der Waals surface area contributed by atoms with E-state index >= 15 is 0 Å². The number of benzene rings is 1. The third-order valence-electron chi connectivity index (χ3n) is 3.32. The Morgan fingerprint density at radius 1 is 0.957 bits per heavy atom. The number of hydrogen-bond donors (Lipinski definition) is 0. The monoisotopic (exact) mass is 303 g/mol. The summed E-state index contributed by atoms with van der Waals surface area (Å²) in [5.41, 5.74) is 1.45. The third kappa shape index (κ3) is 2.62. The summed E-state index contributed by atoms with van der Waals surface area (Å²) in [5, 5.41) is 4.48. The maximum atomic E-state index is 5.93. The van der Waals surface area contributed by atoms with Crippen molar-refractivity contribution in [1.29, 1.82) is 0 Å². The Morgan fingerprint density at radius 3 is 2.65 bits per heavy atom. The van der Waals surface area contributed by atoms with Gasteiger partial charge in [-0.25, -0.2) is 14.5 Å². The van der Waals surface area contributed by atoms with Crippen molar-refractivity contribution in [3.8, 4) is 23.1 Å². The molecule has 0 fully saturated rings. The Hall–Kier alpha value is -3.28. The smallest absolute Gasteiger partial charge is 0.247 e. The van der Waals surface area contributed by atoms with E-state index in [9.17, 15) is 0 Å². The van der Waals surface area contributed by atoms with E-state index in [1.54, 1.807) is 16.8 Å². The molecule has 112 valence electrons. The summed E-state index contributed by atoms with van der Waals surface area (Å²) in [6, 6.07) is 15.1. The van der Waals surface area contributed by atoms with Crippen molar-refractivity contribution in [3.63, 3.8) is 0 Å². The van der Waals surface area contributed by atoms with Crippen molar-refractivity contribution < 1.29 is 4.74 Å². The Morgan fingerprint density at radius 2 is 1.83 bits per heavy atom. The highest BCUT2D eigenvalue weighted by molar-refractivity contribution is 5.60. The Bertz CT molecular complexity index is 965. The lowest BCUT2D eigenvalue weighted by molar-refractivity contribution is 0.464. The molecule has 1 aromatic carbocycles. The van der Waals surface area contributed by atoms with Gasteiger partial charge in [-0.2, -0.15) is 4.98 Å². The fourth-order valence-corrected chi connectivity index (χ4v) is 2.27. The number of rotatable bonds is 3. The molecule has 0 saturated carbocycles. The summed E-state index contributed by atoms with van der Waals surface area (Å²) in [5.74, 6) is 2.37. The molecular formula is C17H13N5O. The molecule has 0 unspecified atom stereocenters. The number of fused-ring (bicyclic) bond motifs is 1. The molecular weight excluding hydrogens is 290 g/mol. The van der Waals surface area contributed by atoms with E-state index in [0.717, 1.165) is 11.3 Å². The maximum absolute atomic E-state index is 5.93. The van der Waals surface area contributed by atoms with E-state index in [1.807, 2.05) is 55.6 Å². The van der Waals surface area contributed by atoms with Gasteiger partial charge in [0.05, 0.1) is 0 Å². The third-order valence-corrected chi connectivity index (χ3v) is 3.32. The van der Waals surface area contributed by atoms with Crippen LogP contribution in [0.2, 0.25) is 0 Å². The molecule has 3 heterocycles. The van der Waals surface area contributed by atoms with E-state index < -0.39 is 0 Å². The summed E-state index contributed by atoms with van der Waals surface area (Å²) in [6.07, 6.45) is 3.55. The first-order valence-corrected chi connectivity index (χ1v) is 7.18. The molecule has 0 atom stereocenters. The Labute approximate surface area is 132 Å². The number of aromatic nitrogens is 5. The maximum Gasteiger partial charge on any atom is 0.247 e. The van der Waals surface area contributed by atoms with Gasteiger partial charge in [0.15, 0.2) is 0 Å². The average molecular weight is 303 g/mol. The minimum absolute atomic E-state index is 0.488. The van der Waals surface area contributed by atoms with Gasteiger partial charge in [-0.3, -0.25) is 0 Å². The Balaban J connectivity index is 1.84. The van der Waals surface area contributed by atoms with Crippen LogP contribution in [0.25, 0.3) is 17.0 Å². The fraction of sp³-hybridized carbons (Fsp3) is 0.0588. The van der Waals surface area contributed by atoms with E-state index in [0.29, 0.717) is 23.2 Å². The van der Waals surface area contributed by atoms with Crippen molar-refractivity contribution in [3.05, 3.63) is 66.7 Å². The summed E-state index contributed by atoms with van der Waals surface area (Å²) >= 11 is 0. The van der Waals surface area contributed by atoms with E-state index in [4.69, 9.17) is 4.74 Å². The van der Waals surface area contributed by atoms with Crippen molar-refractivity contribution in [2.75, 3.05) is 0 Å². The second-order valence-corrected chi connectivity index (χ2v) is 4.98. The first-order chi connectivity index (χ1) is 11.3. The van der Waals surface area contributed by atoms with Crippen molar-refractivity contribution in [2.45, 2.75) is 6.92 Å². The lowest BCUT2D eigenvalue weighted by Crippen LogP contribution is -2.02. The zero-order valence-corrected chi connectivity index (χ0v) is 12.4. The second kappa shape index (κ2) is 5.49. The van der Waals surface area contributed by atoms with Gasteiger partial charge in [0.1, 0.15) is 22.8 Å². The highest BCUT2D eigenvalue weighted by Crippen LogP contribution is 2.26. The standard InChI is InChI=1S/C17H13N5O/c1-12-18-10-9-14(19-12)16-20-17(15-8-5-11-22(15)21-16)23-13-6-3-2-4-7-13/h2-11H,1H3. The van der Waals surface area contributed by atoms with Crippen molar-refractivity contribution >= 4 is 5.52 Å². The first kappa shape index (κ1) is 13.4. The van der Waals surface area contributed by atoms with Gasteiger partial charge in [-0.1, -0.05) is 18.2 Å². The van der Waals surface area contributed by atoms with Crippen LogP contribution in [0.3, 0.4) is 0 Å². The largest absolute Gasteiger partial charge is 0.437 e. The number of para-hydroxylation sites is 1. The van der Waals surface area contributed by atoms with E-state index in [2.05, 4.69) is 20.1 Å². The molecule has 0 aliphatic carbocycles. The highest BCUT2D eigenvalue weighted by atomic mass is 16.5. The molecule has 6 heteroatoms. The quantitative estimate of drug-likeness (QED) is 0.581. The van der Waals surface area contributed by atoms with Crippen LogP contribution >= 0.6 is 0 Å². The number of ether oxygens (including phenoxy) is 1. The average Bonchev–Trinajstić information content (AvgIpc) is 3.05. The van der Waals surface area contributed by atoms with Gasteiger partial charge in [-0.15, -0.1) is 5.10 Å². The van der Waals surface area contributed by atoms with Crippen LogP contribution in [0.5, 0.6) is 11.6 Å². The Kier molecular flexibility index (Phi) is 3.20. The topological polar surface area (TPSA) is 65.2 Å². The van der Waals surface area contributed by atoms with Crippen LogP contribution in [0.15, 0.2) is 60.9 Å². The molecule has 0 bridgehead atoms. The molecule has 0 amide bonds. The second-order valence-electron chi connectivity index (χ2n) is 4.98. The molecule has 0 aliphatic heterocycles. The number of hydrogen-bond acceptors (Lipinski definition) is 5. The lowest BCUT2D eigenvalue weighted by atomic mass is 10.3. The van der Waals surface area contributed by atoms with Crippen molar-refractivity contribution in [2.24, 2.45) is 0 Å².